The summed E-state index contributed by atoms with van der Waals surface area (Å²) in [7, 11) is 0. The molecular weight excluding hydrogens is 378 g/mol. The third kappa shape index (κ3) is 7.17. The van der Waals surface area contributed by atoms with Gasteiger partial charge in [-0.15, -0.1) is 0 Å². The van der Waals surface area contributed by atoms with Gasteiger partial charge >= 0.3 is 0 Å². The van der Waals surface area contributed by atoms with Gasteiger partial charge in [0.2, 0.25) is 0 Å². The molecule has 0 aliphatic carbocycles. The molecular formula is C26H36F2N2. The Bertz CT molecular complexity index is 698. The molecule has 2 nitrogen and oxygen atoms in total. The van der Waals surface area contributed by atoms with Crippen LogP contribution in [0.15, 0.2) is 48.5 Å². The fourth-order valence-electron chi connectivity index (χ4n) is 4.18. The number of hydrogen-bond acceptors (Lipinski definition) is 2. The summed E-state index contributed by atoms with van der Waals surface area (Å²) >= 11 is 0. The van der Waals surface area contributed by atoms with E-state index >= 15 is 0 Å². The van der Waals surface area contributed by atoms with Crippen LogP contribution in [0.3, 0.4) is 0 Å². The zero-order chi connectivity index (χ0) is 21.3. The van der Waals surface area contributed by atoms with Crippen molar-refractivity contribution in [1.82, 2.24) is 9.80 Å². The lowest BCUT2D eigenvalue weighted by atomic mass is 9.99. The molecule has 2 aromatic carbocycles. The minimum Gasteiger partial charge on any atom is -0.299 e. The first-order valence-corrected chi connectivity index (χ1v) is 11.4. The van der Waals surface area contributed by atoms with Crippen molar-refractivity contribution >= 4 is 0 Å². The first-order valence-electron chi connectivity index (χ1n) is 11.4. The summed E-state index contributed by atoms with van der Waals surface area (Å²) in [4.78, 5) is 4.69. The SMILES string of the molecule is CC1CCN(Cc2ccccc2F)CC1.CC1CCN(Cc2ccccc2F)CC1. The molecule has 0 N–H and O–H groups in total. The van der Waals surface area contributed by atoms with Gasteiger partial charge in [0.15, 0.2) is 0 Å². The fraction of sp³-hybridized carbons (Fsp3) is 0.538. The minimum absolute atomic E-state index is 0.0730. The number of rotatable bonds is 4. The molecule has 0 atom stereocenters. The predicted octanol–water partition coefficient (Wildman–Crippen LogP) is 6.12. The maximum Gasteiger partial charge on any atom is 0.127 e. The fourth-order valence-corrected chi connectivity index (χ4v) is 4.18. The third-order valence-corrected chi connectivity index (χ3v) is 6.46. The maximum absolute atomic E-state index is 13.4. The number of nitrogens with zero attached hydrogens (tertiary/aromatic N) is 2. The van der Waals surface area contributed by atoms with E-state index in [2.05, 4.69) is 23.6 Å². The highest BCUT2D eigenvalue weighted by Crippen LogP contribution is 2.20. The van der Waals surface area contributed by atoms with Crippen LogP contribution in [0.25, 0.3) is 0 Å². The third-order valence-electron chi connectivity index (χ3n) is 6.46. The van der Waals surface area contributed by atoms with Crippen molar-refractivity contribution < 1.29 is 8.78 Å². The predicted molar refractivity (Wildman–Crippen MR) is 120 cm³/mol. The van der Waals surface area contributed by atoms with Gasteiger partial charge in [0.1, 0.15) is 11.6 Å². The van der Waals surface area contributed by atoms with E-state index < -0.39 is 0 Å². The standard InChI is InChI=1S/2C13H18FN/c2*1-11-6-8-15(9-7-11)10-12-4-2-3-5-13(12)14/h2*2-5,11H,6-10H2,1H3. The van der Waals surface area contributed by atoms with E-state index in [4.69, 9.17) is 0 Å². The number of likely N-dealkylation sites (tertiary alicyclic amines) is 2. The summed E-state index contributed by atoms with van der Waals surface area (Å²) in [5, 5.41) is 0. The molecule has 0 unspecified atom stereocenters. The van der Waals surface area contributed by atoms with E-state index in [1.54, 1.807) is 24.3 Å². The lowest BCUT2D eigenvalue weighted by Crippen LogP contribution is -2.32. The van der Waals surface area contributed by atoms with Crippen molar-refractivity contribution in [2.75, 3.05) is 26.2 Å². The van der Waals surface area contributed by atoms with Crippen molar-refractivity contribution in [3.05, 3.63) is 71.3 Å². The van der Waals surface area contributed by atoms with Gasteiger partial charge in [-0.25, -0.2) is 8.78 Å². The lowest BCUT2D eigenvalue weighted by Gasteiger charge is -2.30. The molecule has 2 heterocycles. The van der Waals surface area contributed by atoms with Crippen LogP contribution < -0.4 is 0 Å². The van der Waals surface area contributed by atoms with Crippen molar-refractivity contribution in [2.24, 2.45) is 11.8 Å². The van der Waals surface area contributed by atoms with Gasteiger partial charge in [0.05, 0.1) is 0 Å². The summed E-state index contributed by atoms with van der Waals surface area (Å²) in [5.41, 5.74) is 1.65. The smallest absolute Gasteiger partial charge is 0.127 e. The molecule has 0 saturated carbocycles. The Balaban J connectivity index is 0.000000171. The Morgan fingerprint density at radius 3 is 1.30 bits per heavy atom. The second-order valence-electron chi connectivity index (χ2n) is 9.10. The molecule has 2 fully saturated rings. The van der Waals surface area contributed by atoms with Crippen LogP contribution in [0.2, 0.25) is 0 Å². The van der Waals surface area contributed by atoms with Crippen molar-refractivity contribution in [1.29, 1.82) is 0 Å². The molecule has 2 aliphatic rings. The summed E-state index contributed by atoms with van der Waals surface area (Å²) < 4.78 is 26.8. The van der Waals surface area contributed by atoms with Crippen molar-refractivity contribution in [3.63, 3.8) is 0 Å². The normalized spacial score (nSPS) is 19.3. The number of piperidine rings is 2. The molecule has 0 spiro atoms. The Morgan fingerprint density at radius 1 is 0.633 bits per heavy atom. The van der Waals surface area contributed by atoms with Gasteiger partial charge in [-0.3, -0.25) is 9.80 Å². The second-order valence-corrected chi connectivity index (χ2v) is 9.10. The Morgan fingerprint density at radius 2 is 0.967 bits per heavy atom. The van der Waals surface area contributed by atoms with E-state index in [9.17, 15) is 8.78 Å². The van der Waals surface area contributed by atoms with Crippen LogP contribution >= 0.6 is 0 Å². The van der Waals surface area contributed by atoms with Gasteiger partial charge in [-0.05, 0) is 75.8 Å². The maximum atomic E-state index is 13.4. The molecule has 30 heavy (non-hydrogen) atoms. The van der Waals surface area contributed by atoms with Gasteiger partial charge in [-0.1, -0.05) is 50.2 Å². The Hall–Kier alpha value is -1.78. The molecule has 0 radical (unpaired) electrons. The number of hydrogen-bond donors (Lipinski definition) is 0. The van der Waals surface area contributed by atoms with E-state index in [1.165, 1.54) is 25.7 Å². The zero-order valence-electron chi connectivity index (χ0n) is 18.5. The first kappa shape index (κ1) is 22.9. The Kier molecular flexibility index (Phi) is 8.83. The van der Waals surface area contributed by atoms with Crippen LogP contribution in [0.4, 0.5) is 8.78 Å². The molecule has 4 heteroatoms. The average Bonchev–Trinajstić information content (AvgIpc) is 2.75. The van der Waals surface area contributed by atoms with Gasteiger partial charge in [0.25, 0.3) is 0 Å². The molecule has 164 valence electrons. The van der Waals surface area contributed by atoms with E-state index in [-0.39, 0.29) is 11.6 Å². The van der Waals surface area contributed by atoms with Gasteiger partial charge in [-0.2, -0.15) is 0 Å². The average molecular weight is 415 g/mol. The van der Waals surface area contributed by atoms with Crippen molar-refractivity contribution in [3.8, 4) is 0 Å². The lowest BCUT2D eigenvalue weighted by molar-refractivity contribution is 0.183. The highest BCUT2D eigenvalue weighted by molar-refractivity contribution is 5.18. The molecule has 2 aliphatic heterocycles. The number of halogens is 2. The van der Waals surface area contributed by atoms with E-state index in [0.29, 0.717) is 0 Å². The van der Waals surface area contributed by atoms with Crippen LogP contribution in [0, 0.1) is 23.5 Å². The molecule has 0 aromatic heterocycles. The first-order chi connectivity index (χ1) is 14.5. The second kappa shape index (κ2) is 11.6. The topological polar surface area (TPSA) is 6.48 Å². The highest BCUT2D eigenvalue weighted by atomic mass is 19.1. The number of benzene rings is 2. The summed E-state index contributed by atoms with van der Waals surface area (Å²) in [6, 6.07) is 14.2. The zero-order valence-corrected chi connectivity index (χ0v) is 18.5. The van der Waals surface area contributed by atoms with Gasteiger partial charge < -0.3 is 0 Å². The molecule has 0 amide bonds. The summed E-state index contributed by atoms with van der Waals surface area (Å²) in [6.45, 7) is 10.5. The van der Waals surface area contributed by atoms with Crippen LogP contribution in [-0.2, 0) is 13.1 Å². The van der Waals surface area contributed by atoms with Gasteiger partial charge in [0, 0.05) is 24.2 Å². The summed E-state index contributed by atoms with van der Waals surface area (Å²) in [6.07, 6.45) is 4.98. The van der Waals surface area contributed by atoms with E-state index in [0.717, 1.165) is 62.2 Å². The van der Waals surface area contributed by atoms with Crippen LogP contribution in [0.5, 0.6) is 0 Å². The molecule has 2 aromatic rings. The molecule has 2 saturated heterocycles. The van der Waals surface area contributed by atoms with Crippen LogP contribution in [0.1, 0.15) is 50.7 Å². The largest absolute Gasteiger partial charge is 0.299 e. The monoisotopic (exact) mass is 414 g/mol. The van der Waals surface area contributed by atoms with Crippen molar-refractivity contribution in [2.45, 2.75) is 52.6 Å². The minimum atomic E-state index is -0.0730. The summed E-state index contributed by atoms with van der Waals surface area (Å²) in [5.74, 6) is 1.52. The highest BCUT2D eigenvalue weighted by Gasteiger charge is 2.17. The van der Waals surface area contributed by atoms with Crippen LogP contribution in [-0.4, -0.2) is 36.0 Å². The molecule has 4 rings (SSSR count). The van der Waals surface area contributed by atoms with E-state index in [1.807, 2.05) is 24.3 Å². The quantitative estimate of drug-likeness (QED) is 0.595. The Labute approximate surface area is 180 Å². The molecule has 0 bridgehead atoms.